The minimum absolute atomic E-state index is 0.718. The molecule has 0 unspecified atom stereocenters. The van der Waals surface area contributed by atoms with E-state index in [0.717, 1.165) is 23.9 Å². The van der Waals surface area contributed by atoms with E-state index in [1.807, 2.05) is 37.3 Å². The summed E-state index contributed by atoms with van der Waals surface area (Å²) in [4.78, 5) is 0. The Labute approximate surface area is 94.2 Å². The molecular weight excluding hydrogens is 204 g/mol. The molecule has 0 aliphatic rings. The van der Waals surface area contributed by atoms with Crippen molar-refractivity contribution < 1.29 is 9.26 Å². The van der Waals surface area contributed by atoms with Crippen LogP contribution in [-0.4, -0.2) is 12.3 Å². The van der Waals surface area contributed by atoms with Crippen LogP contribution in [0.4, 0.5) is 5.82 Å². The number of aromatic nitrogens is 1. The number of nitrogens with one attached hydrogen (secondary N) is 1. The Balaban J connectivity index is 1.94. The first kappa shape index (κ1) is 10.5. The van der Waals surface area contributed by atoms with Crippen LogP contribution in [0.25, 0.3) is 0 Å². The molecule has 84 valence electrons. The predicted molar refractivity (Wildman–Crippen MR) is 61.6 cm³/mol. The molecule has 0 amide bonds. The monoisotopic (exact) mass is 218 g/mol. The van der Waals surface area contributed by atoms with E-state index in [4.69, 9.17) is 9.26 Å². The molecule has 1 aromatic heterocycles. The third-order valence-electron chi connectivity index (χ3n) is 2.26. The van der Waals surface area contributed by atoms with Gasteiger partial charge < -0.3 is 14.6 Å². The number of ether oxygens (including phenoxy) is 1. The molecule has 0 atom stereocenters. The van der Waals surface area contributed by atoms with Crippen LogP contribution in [0.2, 0.25) is 0 Å². The van der Waals surface area contributed by atoms with Gasteiger partial charge in [0.2, 0.25) is 0 Å². The van der Waals surface area contributed by atoms with Crippen LogP contribution in [0.5, 0.6) is 5.75 Å². The zero-order valence-electron chi connectivity index (χ0n) is 9.36. The lowest BCUT2D eigenvalue weighted by atomic mass is 10.2. The Morgan fingerprint density at radius 2 is 2.06 bits per heavy atom. The number of benzene rings is 1. The molecule has 16 heavy (non-hydrogen) atoms. The third-order valence-corrected chi connectivity index (χ3v) is 2.26. The summed E-state index contributed by atoms with van der Waals surface area (Å²) in [5, 5.41) is 7.03. The predicted octanol–water partition coefficient (Wildman–Crippen LogP) is 2.60. The van der Waals surface area contributed by atoms with Gasteiger partial charge in [0.25, 0.3) is 0 Å². The lowest BCUT2D eigenvalue weighted by Gasteiger charge is -2.03. The zero-order valence-corrected chi connectivity index (χ0v) is 9.36. The van der Waals surface area contributed by atoms with Gasteiger partial charge in [-0.3, -0.25) is 0 Å². The number of hydrogen-bond donors (Lipinski definition) is 1. The minimum Gasteiger partial charge on any atom is -0.497 e. The molecule has 1 heterocycles. The SMILES string of the molecule is COc1ccc(CNc2cc(C)on2)cc1. The highest BCUT2D eigenvalue weighted by Crippen LogP contribution is 2.13. The molecule has 2 aromatic rings. The van der Waals surface area contributed by atoms with Crippen molar-refractivity contribution >= 4 is 5.82 Å². The summed E-state index contributed by atoms with van der Waals surface area (Å²) < 4.78 is 10.0. The second-order valence-corrected chi connectivity index (χ2v) is 3.52. The average molecular weight is 218 g/mol. The lowest BCUT2D eigenvalue weighted by molar-refractivity contribution is 0.399. The van der Waals surface area contributed by atoms with Gasteiger partial charge in [-0.2, -0.15) is 0 Å². The van der Waals surface area contributed by atoms with Gasteiger partial charge in [0.05, 0.1) is 7.11 Å². The van der Waals surface area contributed by atoms with Crippen molar-refractivity contribution in [3.8, 4) is 5.75 Å². The topological polar surface area (TPSA) is 47.3 Å². The van der Waals surface area contributed by atoms with E-state index in [0.29, 0.717) is 0 Å². The summed E-state index contributed by atoms with van der Waals surface area (Å²) in [5.41, 5.74) is 1.17. The van der Waals surface area contributed by atoms with E-state index in [-0.39, 0.29) is 0 Å². The largest absolute Gasteiger partial charge is 0.497 e. The molecule has 0 fully saturated rings. The Kier molecular flexibility index (Phi) is 3.10. The maximum Gasteiger partial charge on any atom is 0.169 e. The molecule has 4 heteroatoms. The van der Waals surface area contributed by atoms with Gasteiger partial charge in [0.1, 0.15) is 11.5 Å². The molecule has 0 saturated heterocycles. The van der Waals surface area contributed by atoms with E-state index in [1.165, 1.54) is 5.56 Å². The fourth-order valence-corrected chi connectivity index (χ4v) is 1.39. The van der Waals surface area contributed by atoms with Crippen LogP contribution in [0, 0.1) is 6.92 Å². The van der Waals surface area contributed by atoms with Crippen LogP contribution in [0.3, 0.4) is 0 Å². The van der Waals surface area contributed by atoms with Crippen LogP contribution >= 0.6 is 0 Å². The second kappa shape index (κ2) is 4.70. The Hall–Kier alpha value is -1.97. The second-order valence-electron chi connectivity index (χ2n) is 3.52. The van der Waals surface area contributed by atoms with Gasteiger partial charge in [-0.05, 0) is 24.6 Å². The van der Waals surface area contributed by atoms with Crippen molar-refractivity contribution in [3.63, 3.8) is 0 Å². The quantitative estimate of drug-likeness (QED) is 0.856. The average Bonchev–Trinajstić information content (AvgIpc) is 2.73. The van der Waals surface area contributed by atoms with Crippen LogP contribution in [-0.2, 0) is 6.54 Å². The maximum atomic E-state index is 5.09. The number of nitrogens with zero attached hydrogens (tertiary/aromatic N) is 1. The van der Waals surface area contributed by atoms with E-state index < -0.39 is 0 Å². The smallest absolute Gasteiger partial charge is 0.169 e. The standard InChI is InChI=1S/C12H14N2O2/c1-9-7-12(14-16-9)13-8-10-3-5-11(15-2)6-4-10/h3-7H,8H2,1-2H3,(H,13,14). The van der Waals surface area contributed by atoms with Crippen LogP contribution in [0.15, 0.2) is 34.9 Å². The zero-order chi connectivity index (χ0) is 11.4. The number of anilines is 1. The highest BCUT2D eigenvalue weighted by molar-refractivity contribution is 5.36. The van der Waals surface area contributed by atoms with Crippen molar-refractivity contribution in [2.45, 2.75) is 13.5 Å². The fraction of sp³-hybridized carbons (Fsp3) is 0.250. The summed E-state index contributed by atoms with van der Waals surface area (Å²) in [7, 11) is 1.66. The first-order valence-corrected chi connectivity index (χ1v) is 5.08. The van der Waals surface area contributed by atoms with Gasteiger partial charge in [-0.15, -0.1) is 0 Å². The van der Waals surface area contributed by atoms with Gasteiger partial charge in [-0.1, -0.05) is 17.3 Å². The van der Waals surface area contributed by atoms with Crippen LogP contribution in [0.1, 0.15) is 11.3 Å². The molecular formula is C12H14N2O2. The van der Waals surface area contributed by atoms with Crippen molar-refractivity contribution in [2.24, 2.45) is 0 Å². The van der Waals surface area contributed by atoms with Crippen molar-refractivity contribution in [1.29, 1.82) is 0 Å². The Bertz CT molecular complexity index is 448. The molecule has 0 radical (unpaired) electrons. The highest BCUT2D eigenvalue weighted by Gasteiger charge is 1.99. The van der Waals surface area contributed by atoms with Crippen LogP contribution < -0.4 is 10.1 Å². The first-order valence-electron chi connectivity index (χ1n) is 5.08. The maximum absolute atomic E-state index is 5.09. The van der Waals surface area contributed by atoms with Crippen molar-refractivity contribution in [3.05, 3.63) is 41.7 Å². The summed E-state index contributed by atoms with van der Waals surface area (Å²) >= 11 is 0. The Morgan fingerprint density at radius 1 is 1.31 bits per heavy atom. The molecule has 1 N–H and O–H groups in total. The van der Waals surface area contributed by atoms with E-state index in [9.17, 15) is 0 Å². The molecule has 0 spiro atoms. The van der Waals surface area contributed by atoms with Gasteiger partial charge in [0.15, 0.2) is 5.82 Å². The Morgan fingerprint density at radius 3 is 2.62 bits per heavy atom. The molecule has 0 saturated carbocycles. The highest BCUT2D eigenvalue weighted by atomic mass is 16.5. The molecule has 4 nitrogen and oxygen atoms in total. The van der Waals surface area contributed by atoms with E-state index in [1.54, 1.807) is 7.11 Å². The molecule has 0 bridgehead atoms. The molecule has 1 aromatic carbocycles. The van der Waals surface area contributed by atoms with Gasteiger partial charge in [-0.25, -0.2) is 0 Å². The summed E-state index contributed by atoms with van der Waals surface area (Å²) in [6, 6.07) is 9.76. The molecule has 2 rings (SSSR count). The van der Waals surface area contributed by atoms with E-state index in [2.05, 4.69) is 10.5 Å². The lowest BCUT2D eigenvalue weighted by Crippen LogP contribution is -1.99. The van der Waals surface area contributed by atoms with E-state index >= 15 is 0 Å². The summed E-state index contributed by atoms with van der Waals surface area (Å²) in [5.74, 6) is 2.42. The number of rotatable bonds is 4. The summed E-state index contributed by atoms with van der Waals surface area (Å²) in [6.07, 6.45) is 0. The number of aryl methyl sites for hydroxylation is 1. The van der Waals surface area contributed by atoms with Gasteiger partial charge >= 0.3 is 0 Å². The number of methoxy groups -OCH3 is 1. The van der Waals surface area contributed by atoms with Gasteiger partial charge in [0, 0.05) is 12.6 Å². The first-order chi connectivity index (χ1) is 7.78. The molecule has 0 aliphatic heterocycles. The minimum atomic E-state index is 0.718. The van der Waals surface area contributed by atoms with Crippen molar-refractivity contribution in [2.75, 3.05) is 12.4 Å². The third kappa shape index (κ3) is 2.53. The number of hydrogen-bond acceptors (Lipinski definition) is 4. The summed E-state index contributed by atoms with van der Waals surface area (Å²) in [6.45, 7) is 2.58. The normalized spacial score (nSPS) is 10.1. The fourth-order valence-electron chi connectivity index (χ4n) is 1.39. The molecule has 0 aliphatic carbocycles. The van der Waals surface area contributed by atoms with Crippen molar-refractivity contribution in [1.82, 2.24) is 5.16 Å².